The topological polar surface area (TPSA) is 79.3 Å². The van der Waals surface area contributed by atoms with Gasteiger partial charge in [0.25, 0.3) is 0 Å². The number of nitrogens with one attached hydrogen (secondary N) is 1. The largest absolute Gasteiger partial charge is 0.475 e. The molecular weight excluding hydrogens is 502 g/mol. The van der Waals surface area contributed by atoms with Crippen LogP contribution < -0.4 is 14.8 Å². The zero-order chi connectivity index (χ0) is 27.6. The molecular formula is C31H34N7O2+. The second-order valence-corrected chi connectivity index (χ2v) is 10.3. The molecule has 6 rings (SSSR count). The van der Waals surface area contributed by atoms with Crippen LogP contribution in [0.25, 0.3) is 5.65 Å². The van der Waals surface area contributed by atoms with Gasteiger partial charge in [-0.15, -0.1) is 0 Å². The summed E-state index contributed by atoms with van der Waals surface area (Å²) in [7, 11) is 2.16. The van der Waals surface area contributed by atoms with Crippen LogP contribution in [0.2, 0.25) is 0 Å². The average Bonchev–Trinajstić information content (AvgIpc) is 3.42. The number of amidine groups is 1. The molecule has 9 heteroatoms. The van der Waals surface area contributed by atoms with E-state index in [2.05, 4.69) is 64.0 Å². The Balaban J connectivity index is 1.32. The number of anilines is 1. The van der Waals surface area contributed by atoms with Crippen LogP contribution in [0.1, 0.15) is 30.0 Å². The highest BCUT2D eigenvalue weighted by Crippen LogP contribution is 2.38. The molecule has 2 aliphatic rings. The van der Waals surface area contributed by atoms with Crippen molar-refractivity contribution in [3.63, 3.8) is 0 Å². The summed E-state index contributed by atoms with van der Waals surface area (Å²) in [5.74, 6) is 3.11. The lowest BCUT2D eigenvalue weighted by Crippen LogP contribution is -2.45. The molecule has 0 radical (unpaired) electrons. The Labute approximate surface area is 234 Å². The molecule has 0 saturated heterocycles. The number of nitrogens with zero attached hydrogens (tertiary/aromatic N) is 6. The zero-order valence-electron chi connectivity index (χ0n) is 23.4. The van der Waals surface area contributed by atoms with Crippen molar-refractivity contribution in [1.29, 1.82) is 0 Å². The molecule has 0 bridgehead atoms. The van der Waals surface area contributed by atoms with Gasteiger partial charge in [0.2, 0.25) is 17.1 Å². The van der Waals surface area contributed by atoms with Gasteiger partial charge in [0, 0.05) is 30.2 Å². The van der Waals surface area contributed by atoms with Crippen LogP contribution in [0.15, 0.2) is 72.3 Å². The summed E-state index contributed by atoms with van der Waals surface area (Å²) in [5.41, 5.74) is 7.13. The minimum atomic E-state index is 0.581. The number of hydrogen-bond acceptors (Lipinski definition) is 6. The first-order chi connectivity index (χ1) is 19.5. The minimum Gasteiger partial charge on any atom is -0.475 e. The van der Waals surface area contributed by atoms with Crippen LogP contribution in [0.4, 0.5) is 11.4 Å². The first-order valence-corrected chi connectivity index (χ1v) is 13.7. The van der Waals surface area contributed by atoms with Crippen molar-refractivity contribution in [2.45, 2.75) is 27.2 Å². The number of rotatable bonds is 6. The molecule has 1 N–H and O–H groups in total. The summed E-state index contributed by atoms with van der Waals surface area (Å²) >= 11 is 0. The highest BCUT2D eigenvalue weighted by Gasteiger charge is 2.35. The molecule has 4 heterocycles. The monoisotopic (exact) mass is 536 g/mol. The zero-order valence-corrected chi connectivity index (χ0v) is 23.4. The van der Waals surface area contributed by atoms with E-state index in [1.807, 2.05) is 49.7 Å². The third-order valence-electron chi connectivity index (χ3n) is 7.26. The van der Waals surface area contributed by atoms with Crippen molar-refractivity contribution in [3.8, 4) is 17.2 Å². The van der Waals surface area contributed by atoms with Gasteiger partial charge >= 0.3 is 0 Å². The molecule has 0 spiro atoms. The second-order valence-electron chi connectivity index (χ2n) is 10.3. The Morgan fingerprint density at radius 3 is 2.92 bits per heavy atom. The maximum absolute atomic E-state index is 6.43. The van der Waals surface area contributed by atoms with Crippen LogP contribution in [-0.4, -0.2) is 68.9 Å². The summed E-state index contributed by atoms with van der Waals surface area (Å²) in [6.45, 7) is 9.71. The number of pyridine rings is 1. The number of hydrogen-bond donors (Lipinski definition) is 1. The Hall–Kier alpha value is -4.50. The van der Waals surface area contributed by atoms with Gasteiger partial charge in [-0.05, 0) is 62.7 Å². The van der Waals surface area contributed by atoms with Gasteiger partial charge in [-0.1, -0.05) is 19.1 Å². The fraction of sp³-hybridized carbons (Fsp3) is 0.290. The van der Waals surface area contributed by atoms with Crippen molar-refractivity contribution in [2.24, 2.45) is 4.99 Å². The summed E-state index contributed by atoms with van der Waals surface area (Å²) in [6, 6.07) is 14.1. The van der Waals surface area contributed by atoms with Crippen molar-refractivity contribution in [3.05, 3.63) is 84.0 Å². The van der Waals surface area contributed by atoms with Gasteiger partial charge < -0.3 is 14.8 Å². The Morgan fingerprint density at radius 1 is 1.18 bits per heavy atom. The lowest BCUT2D eigenvalue weighted by molar-refractivity contribution is -0.454. The third-order valence-corrected chi connectivity index (χ3v) is 7.26. The van der Waals surface area contributed by atoms with Crippen molar-refractivity contribution < 1.29 is 14.0 Å². The summed E-state index contributed by atoms with van der Waals surface area (Å²) < 4.78 is 16.7. The van der Waals surface area contributed by atoms with Crippen LogP contribution in [0, 0.1) is 13.8 Å². The lowest BCUT2D eigenvalue weighted by Gasteiger charge is -2.28. The first kappa shape index (κ1) is 25.8. The molecule has 2 aromatic heterocycles. The Bertz CT molecular complexity index is 1670. The molecule has 40 heavy (non-hydrogen) atoms. The highest BCUT2D eigenvalue weighted by molar-refractivity contribution is 6.12. The molecule has 204 valence electrons. The van der Waals surface area contributed by atoms with E-state index in [0.29, 0.717) is 12.4 Å². The van der Waals surface area contributed by atoms with E-state index in [1.54, 1.807) is 4.52 Å². The smallest absolute Gasteiger partial charge is 0.248 e. The predicted molar refractivity (Wildman–Crippen MR) is 158 cm³/mol. The number of aliphatic imine (C=N–C) groups is 1. The number of ether oxygens (including phenoxy) is 2. The average molecular weight is 537 g/mol. The van der Waals surface area contributed by atoms with Gasteiger partial charge in [-0.25, -0.2) is 14.5 Å². The Morgan fingerprint density at radius 2 is 2.08 bits per heavy atom. The van der Waals surface area contributed by atoms with E-state index in [-0.39, 0.29) is 0 Å². The third kappa shape index (κ3) is 5.08. The molecule has 4 aromatic rings. The highest BCUT2D eigenvalue weighted by atomic mass is 16.5. The van der Waals surface area contributed by atoms with Gasteiger partial charge in [0.05, 0.1) is 18.7 Å². The number of aryl methyl sites for hydroxylation is 2. The SMILES string of the molecule is CC/C=C/N=C(Nc1ccc(Oc2ccn3ncnc3c2)c(C)c1)c1c(C)ccc2c1OCC1=[N+]2CCN(C)C1. The van der Waals surface area contributed by atoms with Gasteiger partial charge in [0.1, 0.15) is 23.7 Å². The fourth-order valence-corrected chi connectivity index (χ4v) is 5.16. The van der Waals surface area contributed by atoms with Crippen LogP contribution >= 0.6 is 0 Å². The molecule has 0 amide bonds. The molecule has 0 aliphatic carbocycles. The molecule has 0 atom stereocenters. The van der Waals surface area contributed by atoms with E-state index in [0.717, 1.165) is 77.1 Å². The van der Waals surface area contributed by atoms with Crippen molar-refractivity contribution >= 4 is 28.6 Å². The first-order valence-electron chi connectivity index (χ1n) is 13.7. The number of fused-ring (bicyclic) bond motifs is 3. The van der Waals surface area contributed by atoms with Crippen LogP contribution in [-0.2, 0) is 0 Å². The van der Waals surface area contributed by atoms with E-state index >= 15 is 0 Å². The minimum absolute atomic E-state index is 0.581. The molecule has 0 saturated carbocycles. The maximum atomic E-state index is 6.43. The molecule has 2 aromatic carbocycles. The van der Waals surface area contributed by atoms with E-state index in [4.69, 9.17) is 14.5 Å². The molecule has 9 nitrogen and oxygen atoms in total. The summed E-state index contributed by atoms with van der Waals surface area (Å²) in [5, 5.41) is 7.73. The predicted octanol–water partition coefficient (Wildman–Crippen LogP) is 5.34. The number of allylic oxidation sites excluding steroid dienone is 1. The van der Waals surface area contributed by atoms with Gasteiger partial charge in [-0.3, -0.25) is 4.90 Å². The molecule has 0 unspecified atom stereocenters. The fourth-order valence-electron chi connectivity index (χ4n) is 5.16. The number of likely N-dealkylation sites (N-methyl/N-ethyl adjacent to an activating group) is 1. The van der Waals surface area contributed by atoms with Crippen LogP contribution in [0.5, 0.6) is 17.2 Å². The normalized spacial score (nSPS) is 15.8. The lowest BCUT2D eigenvalue weighted by atomic mass is 10.0. The maximum Gasteiger partial charge on any atom is 0.248 e. The van der Waals surface area contributed by atoms with Crippen LogP contribution in [0.3, 0.4) is 0 Å². The van der Waals surface area contributed by atoms with Crippen molar-refractivity contribution in [2.75, 3.05) is 38.6 Å². The number of benzene rings is 2. The summed E-state index contributed by atoms with van der Waals surface area (Å²) in [4.78, 5) is 11.4. The Kier molecular flexibility index (Phi) is 7.04. The molecule has 2 aliphatic heterocycles. The second kappa shape index (κ2) is 10.9. The van der Waals surface area contributed by atoms with Gasteiger partial charge in [0.15, 0.2) is 18.8 Å². The van der Waals surface area contributed by atoms with Crippen molar-refractivity contribution in [1.82, 2.24) is 19.5 Å². The summed E-state index contributed by atoms with van der Waals surface area (Å²) in [6.07, 6.45) is 8.18. The standard InChI is InChI=1S/C31H34N7O2/c1-5-6-12-32-31(29-21(2)7-9-26-30(29)39-19-24-18-36(4)14-15-37(24)26)35-23-8-10-27(22(3)16-23)40-25-11-13-38-28(17-25)33-20-34-38/h6-13,16-17,20H,5,14-15,18-19H2,1-4H3,(H,32,35)/q+1/b12-6+. The van der Waals surface area contributed by atoms with Gasteiger partial charge in [-0.2, -0.15) is 9.67 Å². The van der Waals surface area contributed by atoms with E-state index < -0.39 is 0 Å². The van der Waals surface area contributed by atoms with E-state index in [9.17, 15) is 0 Å². The number of aromatic nitrogens is 3. The quantitative estimate of drug-likeness (QED) is 0.204. The van der Waals surface area contributed by atoms with E-state index in [1.165, 1.54) is 12.0 Å². The molecule has 0 fully saturated rings.